The van der Waals surface area contributed by atoms with Crippen LogP contribution >= 0.6 is 7.26 Å². The van der Waals surface area contributed by atoms with Crippen LogP contribution in [0.3, 0.4) is 0 Å². The third-order valence-electron chi connectivity index (χ3n) is 6.67. The van der Waals surface area contributed by atoms with Crippen LogP contribution < -0.4 is 15.9 Å². The highest BCUT2D eigenvalue weighted by atomic mass is 32.2. The van der Waals surface area contributed by atoms with Crippen LogP contribution in [0.5, 0.6) is 0 Å². The molecule has 0 heterocycles. The SMILES string of the molecule is CCCCC/C=C\CC[P+](c1ccccc1)(c1ccccc1)c1ccccc1.Cc1ccc(S(=O)(=O)[O-])cc1. The Labute approximate surface area is 235 Å². The lowest BCUT2D eigenvalue weighted by atomic mass is 10.2. The summed E-state index contributed by atoms with van der Waals surface area (Å²) < 4.78 is 31.2. The fourth-order valence-electron chi connectivity index (χ4n) is 4.60. The number of hydrogen-bond acceptors (Lipinski definition) is 3. The van der Waals surface area contributed by atoms with Gasteiger partial charge in [-0.25, -0.2) is 8.42 Å². The Kier molecular flexibility index (Phi) is 12.1. The predicted octanol–water partition coefficient (Wildman–Crippen LogP) is 7.41. The minimum Gasteiger partial charge on any atom is -0.744 e. The smallest absolute Gasteiger partial charge is 0.124 e. The maximum Gasteiger partial charge on any atom is 0.124 e. The third-order valence-corrected chi connectivity index (χ3v) is 12.0. The van der Waals surface area contributed by atoms with Gasteiger partial charge in [0, 0.05) is 6.42 Å². The summed E-state index contributed by atoms with van der Waals surface area (Å²) in [5, 5.41) is 4.44. The van der Waals surface area contributed by atoms with Crippen LogP contribution in [-0.4, -0.2) is 19.1 Å². The van der Waals surface area contributed by atoms with Gasteiger partial charge in [-0.3, -0.25) is 0 Å². The molecule has 39 heavy (non-hydrogen) atoms. The summed E-state index contributed by atoms with van der Waals surface area (Å²) in [5.74, 6) is 0. The van der Waals surface area contributed by atoms with E-state index in [4.69, 9.17) is 0 Å². The van der Waals surface area contributed by atoms with Crippen molar-refractivity contribution in [2.24, 2.45) is 0 Å². The molecule has 0 bridgehead atoms. The van der Waals surface area contributed by atoms with E-state index in [1.165, 1.54) is 59.9 Å². The van der Waals surface area contributed by atoms with Crippen LogP contribution in [0, 0.1) is 6.92 Å². The van der Waals surface area contributed by atoms with Gasteiger partial charge in [0.05, 0.1) is 11.1 Å². The van der Waals surface area contributed by atoms with E-state index in [9.17, 15) is 13.0 Å². The molecule has 0 N–H and O–H groups in total. The molecule has 5 heteroatoms. The Balaban J connectivity index is 0.000000320. The largest absolute Gasteiger partial charge is 0.744 e. The maximum absolute atomic E-state index is 10.4. The summed E-state index contributed by atoms with van der Waals surface area (Å²) in [6, 6.07) is 39.3. The van der Waals surface area contributed by atoms with E-state index in [0.717, 1.165) is 12.0 Å². The van der Waals surface area contributed by atoms with Crippen LogP contribution in [0.1, 0.15) is 44.6 Å². The molecule has 3 nitrogen and oxygen atoms in total. The van der Waals surface area contributed by atoms with Crippen molar-refractivity contribution in [2.45, 2.75) is 50.8 Å². The normalized spacial score (nSPS) is 11.7. The summed E-state index contributed by atoms with van der Waals surface area (Å²) >= 11 is 0. The highest BCUT2D eigenvalue weighted by Crippen LogP contribution is 2.55. The number of benzene rings is 4. The number of unbranched alkanes of at least 4 members (excludes halogenated alkanes) is 3. The number of hydrogen-bond donors (Lipinski definition) is 0. The van der Waals surface area contributed by atoms with Gasteiger partial charge in [0.15, 0.2) is 0 Å². The molecule has 0 amide bonds. The molecule has 0 atom stereocenters. The molecule has 0 saturated carbocycles. The quantitative estimate of drug-likeness (QED) is 0.0834. The third kappa shape index (κ3) is 9.00. The first-order valence-electron chi connectivity index (χ1n) is 13.6. The Morgan fingerprint density at radius 3 is 1.49 bits per heavy atom. The fraction of sp³-hybridized carbons (Fsp3) is 0.235. The standard InChI is InChI=1S/C27H32P.C7H8O3S/c1-2-3-4-5-6-7-17-24-28(25-18-11-8-12-19-25,26-20-13-9-14-21-26)27-22-15-10-16-23-27;1-6-2-4-7(5-3-6)11(8,9)10/h6-16,18-23H,2-5,17,24H2,1H3;2-5H,1H3,(H,8,9,10)/q+1;/p-1/b7-6-;. The summed E-state index contributed by atoms with van der Waals surface area (Å²) in [6.07, 6.45) is 12.3. The number of aryl methyl sites for hydroxylation is 1. The minimum absolute atomic E-state index is 0.178. The Bertz CT molecular complexity index is 1270. The van der Waals surface area contributed by atoms with Gasteiger partial charge in [0.2, 0.25) is 0 Å². The lowest BCUT2D eigenvalue weighted by Crippen LogP contribution is -2.33. The first kappa shape index (κ1) is 30.5. The van der Waals surface area contributed by atoms with Gasteiger partial charge in [-0.2, -0.15) is 0 Å². The van der Waals surface area contributed by atoms with E-state index in [-0.39, 0.29) is 4.90 Å². The highest BCUT2D eigenvalue weighted by Gasteiger charge is 2.44. The van der Waals surface area contributed by atoms with Gasteiger partial charge in [0.1, 0.15) is 33.3 Å². The Morgan fingerprint density at radius 1 is 0.641 bits per heavy atom. The van der Waals surface area contributed by atoms with Crippen LogP contribution in [0.2, 0.25) is 0 Å². The van der Waals surface area contributed by atoms with Crippen LogP contribution in [-0.2, 0) is 10.1 Å². The molecular formula is C34H39O3PS. The molecule has 0 spiro atoms. The van der Waals surface area contributed by atoms with E-state index >= 15 is 0 Å². The van der Waals surface area contributed by atoms with E-state index in [1.54, 1.807) is 12.1 Å². The van der Waals surface area contributed by atoms with Crippen molar-refractivity contribution in [1.29, 1.82) is 0 Å². The van der Waals surface area contributed by atoms with E-state index in [0.29, 0.717) is 0 Å². The van der Waals surface area contributed by atoms with Gasteiger partial charge < -0.3 is 4.55 Å². The summed E-state index contributed by atoms with van der Waals surface area (Å²) in [4.78, 5) is -0.178. The van der Waals surface area contributed by atoms with Crippen molar-refractivity contribution < 1.29 is 13.0 Å². The van der Waals surface area contributed by atoms with Gasteiger partial charge in [-0.15, -0.1) is 0 Å². The summed E-state index contributed by atoms with van der Waals surface area (Å²) in [7, 11) is -5.94. The van der Waals surface area contributed by atoms with Crippen molar-refractivity contribution >= 4 is 33.3 Å². The summed E-state index contributed by atoms with van der Waals surface area (Å²) in [5.41, 5.74) is 0.928. The number of rotatable bonds is 11. The molecule has 0 aromatic heterocycles. The first-order chi connectivity index (χ1) is 18.9. The monoisotopic (exact) mass is 558 g/mol. The molecule has 0 unspecified atom stereocenters. The van der Waals surface area contributed by atoms with Gasteiger partial charge >= 0.3 is 0 Å². The van der Waals surface area contributed by atoms with Crippen molar-refractivity contribution in [1.82, 2.24) is 0 Å². The molecule has 4 rings (SSSR count). The zero-order chi connectivity index (χ0) is 28.0. The lowest BCUT2D eigenvalue weighted by Gasteiger charge is -2.27. The predicted molar refractivity (Wildman–Crippen MR) is 167 cm³/mol. The van der Waals surface area contributed by atoms with E-state index in [2.05, 4.69) is 110 Å². The molecule has 204 valence electrons. The molecule has 0 aliphatic rings. The molecule has 0 aliphatic carbocycles. The molecule has 0 saturated heterocycles. The topological polar surface area (TPSA) is 57.2 Å². The van der Waals surface area contributed by atoms with Crippen molar-refractivity contribution in [2.75, 3.05) is 6.16 Å². The molecule has 0 fully saturated rings. The van der Waals surface area contributed by atoms with Gasteiger partial charge in [-0.1, -0.05) is 104 Å². The second kappa shape index (κ2) is 15.5. The summed E-state index contributed by atoms with van der Waals surface area (Å²) in [6.45, 7) is 4.09. The minimum atomic E-state index is -4.27. The number of allylic oxidation sites excluding steroid dienone is 2. The second-order valence-electron chi connectivity index (χ2n) is 9.56. The van der Waals surface area contributed by atoms with Crippen molar-refractivity contribution in [3.8, 4) is 0 Å². The molecular weight excluding hydrogens is 519 g/mol. The second-order valence-corrected chi connectivity index (χ2v) is 14.6. The van der Waals surface area contributed by atoms with Gasteiger partial charge in [0.25, 0.3) is 0 Å². The van der Waals surface area contributed by atoms with E-state index < -0.39 is 17.4 Å². The van der Waals surface area contributed by atoms with Crippen LogP contribution in [0.4, 0.5) is 0 Å². The molecule has 0 aliphatic heterocycles. The molecule has 4 aromatic rings. The molecule has 0 radical (unpaired) electrons. The highest BCUT2D eigenvalue weighted by molar-refractivity contribution is 7.95. The van der Waals surface area contributed by atoms with Crippen LogP contribution in [0.25, 0.3) is 0 Å². The Hall–Kier alpha value is -3.04. The van der Waals surface area contributed by atoms with Crippen molar-refractivity contribution in [3.63, 3.8) is 0 Å². The van der Waals surface area contributed by atoms with Crippen molar-refractivity contribution in [3.05, 3.63) is 133 Å². The zero-order valence-corrected chi connectivity index (χ0v) is 24.7. The van der Waals surface area contributed by atoms with Gasteiger partial charge in [-0.05, 0) is 68.3 Å². The fourth-order valence-corrected chi connectivity index (χ4v) is 9.32. The zero-order valence-electron chi connectivity index (χ0n) is 22.9. The van der Waals surface area contributed by atoms with E-state index in [1.807, 2.05) is 6.92 Å². The Morgan fingerprint density at radius 2 is 1.08 bits per heavy atom. The average Bonchev–Trinajstić information content (AvgIpc) is 2.96. The maximum atomic E-state index is 10.4. The average molecular weight is 559 g/mol. The lowest BCUT2D eigenvalue weighted by molar-refractivity contribution is 0.463. The van der Waals surface area contributed by atoms with Crippen LogP contribution in [0.15, 0.2) is 132 Å². The molecule has 4 aromatic carbocycles. The first-order valence-corrected chi connectivity index (χ1v) is 17.0.